The summed E-state index contributed by atoms with van der Waals surface area (Å²) in [5, 5.41) is 11.7. The van der Waals surface area contributed by atoms with E-state index in [2.05, 4.69) is 15.6 Å². The van der Waals surface area contributed by atoms with Crippen LogP contribution in [0, 0.1) is 0 Å². The van der Waals surface area contributed by atoms with Crippen molar-refractivity contribution in [1.29, 1.82) is 0 Å². The Morgan fingerprint density at radius 1 is 1.27 bits per heavy atom. The number of methoxy groups -OCH3 is 1. The molecule has 0 radical (unpaired) electrons. The maximum absolute atomic E-state index is 13.4. The van der Waals surface area contributed by atoms with Crippen molar-refractivity contribution in [3.8, 4) is 0 Å². The maximum Gasteiger partial charge on any atom is 0.243 e. The van der Waals surface area contributed by atoms with Gasteiger partial charge in [-0.2, -0.15) is 4.31 Å². The highest BCUT2D eigenvalue weighted by atomic mass is 35.5. The fourth-order valence-corrected chi connectivity index (χ4v) is 5.91. The third kappa shape index (κ3) is 5.19. The molecule has 9 nitrogen and oxygen atoms in total. The van der Waals surface area contributed by atoms with Crippen molar-refractivity contribution in [2.24, 2.45) is 0 Å². The minimum Gasteiger partial charge on any atom is -0.385 e. The van der Waals surface area contributed by atoms with Crippen LogP contribution in [-0.4, -0.2) is 59.9 Å². The Kier molecular flexibility index (Phi) is 7.28. The van der Waals surface area contributed by atoms with E-state index in [-0.39, 0.29) is 17.3 Å². The van der Waals surface area contributed by atoms with E-state index in [1.54, 1.807) is 42.1 Å². The molecule has 176 valence electrons. The van der Waals surface area contributed by atoms with E-state index in [4.69, 9.17) is 16.3 Å². The average molecular weight is 492 g/mol. The number of amides is 1. The van der Waals surface area contributed by atoms with Gasteiger partial charge in [0.1, 0.15) is 11.6 Å². The molecule has 1 unspecified atom stereocenters. The Morgan fingerprint density at radius 3 is 2.91 bits per heavy atom. The number of sulfonamides is 1. The first-order valence-corrected chi connectivity index (χ1v) is 12.6. The molecule has 0 bridgehead atoms. The lowest BCUT2D eigenvalue weighted by Gasteiger charge is -2.23. The largest absolute Gasteiger partial charge is 0.385 e. The smallest absolute Gasteiger partial charge is 0.243 e. The van der Waals surface area contributed by atoms with Gasteiger partial charge in [0.05, 0.1) is 10.4 Å². The van der Waals surface area contributed by atoms with Crippen molar-refractivity contribution < 1.29 is 17.9 Å². The molecule has 1 N–H and O–H groups in total. The van der Waals surface area contributed by atoms with E-state index < -0.39 is 16.1 Å². The van der Waals surface area contributed by atoms with E-state index in [0.717, 1.165) is 17.5 Å². The molecule has 1 saturated heterocycles. The van der Waals surface area contributed by atoms with Gasteiger partial charge in [0.25, 0.3) is 0 Å². The summed E-state index contributed by atoms with van der Waals surface area (Å²) >= 11 is 6.00. The molecule has 2 aromatic carbocycles. The number of fused-ring (bicyclic) bond motifs is 1. The Hall–Kier alpha value is -2.53. The SMILES string of the molecule is COCCCn1nnc2cc(S(=O)(=O)N3CCCC3C(=O)NCc3cccc(Cl)c3)ccc21. The number of ether oxygens (including phenoxy) is 1. The molecule has 1 aliphatic rings. The van der Waals surface area contributed by atoms with Gasteiger partial charge in [0, 0.05) is 38.4 Å². The van der Waals surface area contributed by atoms with Gasteiger partial charge in [0.15, 0.2) is 0 Å². The number of hydrogen-bond donors (Lipinski definition) is 1. The molecule has 4 rings (SSSR count). The van der Waals surface area contributed by atoms with E-state index >= 15 is 0 Å². The summed E-state index contributed by atoms with van der Waals surface area (Å²) in [6.45, 7) is 1.79. The summed E-state index contributed by atoms with van der Waals surface area (Å²) in [6, 6.07) is 11.2. The van der Waals surface area contributed by atoms with Gasteiger partial charge in [-0.3, -0.25) is 4.79 Å². The van der Waals surface area contributed by atoms with Crippen LogP contribution in [0.3, 0.4) is 0 Å². The van der Waals surface area contributed by atoms with E-state index in [0.29, 0.717) is 43.1 Å². The molecule has 1 fully saturated rings. The second-order valence-corrected chi connectivity index (χ2v) is 10.3. The zero-order chi connectivity index (χ0) is 23.4. The molecule has 33 heavy (non-hydrogen) atoms. The Labute approximate surface area is 197 Å². The standard InChI is InChI=1S/C22H26ClN5O4S/c1-32-12-4-10-27-20-9-8-18(14-19(20)25-26-27)33(30,31)28-11-3-7-21(28)22(29)24-15-16-5-2-6-17(23)13-16/h2,5-6,8-9,13-14,21H,3-4,7,10-12,15H2,1H3,(H,24,29). The number of aryl methyl sites for hydroxylation is 1. The van der Waals surface area contributed by atoms with Crippen LogP contribution in [-0.2, 0) is 32.6 Å². The van der Waals surface area contributed by atoms with Crippen LogP contribution in [0.2, 0.25) is 5.02 Å². The quantitative estimate of drug-likeness (QED) is 0.461. The van der Waals surface area contributed by atoms with Crippen molar-refractivity contribution in [1.82, 2.24) is 24.6 Å². The predicted molar refractivity (Wildman–Crippen MR) is 124 cm³/mol. The summed E-state index contributed by atoms with van der Waals surface area (Å²) in [5.41, 5.74) is 2.10. The van der Waals surface area contributed by atoms with E-state index in [1.807, 2.05) is 6.07 Å². The molecule has 2 heterocycles. The van der Waals surface area contributed by atoms with E-state index in [1.165, 1.54) is 10.4 Å². The van der Waals surface area contributed by atoms with Gasteiger partial charge in [0.2, 0.25) is 15.9 Å². The summed E-state index contributed by atoms with van der Waals surface area (Å²) in [4.78, 5) is 13.0. The highest BCUT2D eigenvalue weighted by molar-refractivity contribution is 7.89. The lowest BCUT2D eigenvalue weighted by Crippen LogP contribution is -2.45. The van der Waals surface area contributed by atoms with Crippen molar-refractivity contribution in [3.05, 3.63) is 53.1 Å². The first-order valence-electron chi connectivity index (χ1n) is 10.8. The lowest BCUT2D eigenvalue weighted by atomic mass is 10.2. The fourth-order valence-electron chi connectivity index (χ4n) is 4.02. The molecular weight excluding hydrogens is 466 g/mol. The molecule has 0 saturated carbocycles. The maximum atomic E-state index is 13.4. The predicted octanol–water partition coefficient (Wildman–Crippen LogP) is 2.59. The number of benzene rings is 2. The van der Waals surface area contributed by atoms with Crippen molar-refractivity contribution >= 4 is 38.6 Å². The highest BCUT2D eigenvalue weighted by Gasteiger charge is 2.39. The topological polar surface area (TPSA) is 106 Å². The molecule has 1 atom stereocenters. The molecule has 0 spiro atoms. The normalized spacial score (nSPS) is 17.0. The minimum atomic E-state index is -3.87. The lowest BCUT2D eigenvalue weighted by molar-refractivity contribution is -0.124. The zero-order valence-corrected chi connectivity index (χ0v) is 19.8. The Bertz CT molecular complexity index is 1250. The van der Waals surface area contributed by atoms with Gasteiger partial charge in [-0.05, 0) is 55.2 Å². The number of rotatable bonds is 9. The van der Waals surface area contributed by atoms with Gasteiger partial charge in [-0.15, -0.1) is 5.10 Å². The summed E-state index contributed by atoms with van der Waals surface area (Å²) in [5.74, 6) is -0.318. The van der Waals surface area contributed by atoms with Crippen molar-refractivity contribution in [2.45, 2.75) is 43.3 Å². The van der Waals surface area contributed by atoms with Crippen LogP contribution in [0.5, 0.6) is 0 Å². The third-order valence-corrected chi connectivity index (χ3v) is 7.81. The number of hydrogen-bond acceptors (Lipinski definition) is 6. The van der Waals surface area contributed by atoms with E-state index in [9.17, 15) is 13.2 Å². The number of halogens is 1. The number of nitrogens with zero attached hydrogens (tertiary/aromatic N) is 4. The fraction of sp³-hybridized carbons (Fsp3) is 0.409. The summed E-state index contributed by atoms with van der Waals surface area (Å²) < 4.78 is 34.8. The number of carbonyl (C=O) groups excluding carboxylic acids is 1. The summed E-state index contributed by atoms with van der Waals surface area (Å²) in [7, 11) is -2.23. The first-order chi connectivity index (χ1) is 15.9. The van der Waals surface area contributed by atoms with Gasteiger partial charge in [-0.25, -0.2) is 13.1 Å². The van der Waals surface area contributed by atoms with Crippen LogP contribution >= 0.6 is 11.6 Å². The third-order valence-electron chi connectivity index (χ3n) is 5.67. The molecule has 3 aromatic rings. The van der Waals surface area contributed by atoms with Crippen LogP contribution < -0.4 is 5.32 Å². The monoisotopic (exact) mass is 491 g/mol. The number of aromatic nitrogens is 3. The van der Waals surface area contributed by atoms with Crippen LogP contribution in [0.1, 0.15) is 24.8 Å². The highest BCUT2D eigenvalue weighted by Crippen LogP contribution is 2.28. The van der Waals surface area contributed by atoms with Crippen molar-refractivity contribution in [3.63, 3.8) is 0 Å². The minimum absolute atomic E-state index is 0.105. The van der Waals surface area contributed by atoms with Gasteiger partial charge < -0.3 is 10.1 Å². The molecular formula is C22H26ClN5O4S. The van der Waals surface area contributed by atoms with Crippen molar-refractivity contribution in [2.75, 3.05) is 20.3 Å². The molecule has 0 aliphatic carbocycles. The molecule has 1 aliphatic heterocycles. The second-order valence-electron chi connectivity index (χ2n) is 7.93. The number of nitrogens with one attached hydrogen (secondary N) is 1. The second kappa shape index (κ2) is 10.2. The summed E-state index contributed by atoms with van der Waals surface area (Å²) in [6.07, 6.45) is 1.86. The Morgan fingerprint density at radius 2 is 2.12 bits per heavy atom. The average Bonchev–Trinajstić information content (AvgIpc) is 3.45. The zero-order valence-electron chi connectivity index (χ0n) is 18.3. The Balaban J connectivity index is 1.49. The molecule has 1 amide bonds. The molecule has 11 heteroatoms. The van der Waals surface area contributed by atoms with Crippen LogP contribution in [0.4, 0.5) is 0 Å². The van der Waals surface area contributed by atoms with Gasteiger partial charge >= 0.3 is 0 Å². The first kappa shape index (κ1) is 23.6. The van der Waals surface area contributed by atoms with Gasteiger partial charge in [-0.1, -0.05) is 28.9 Å². The number of carbonyl (C=O) groups is 1. The van der Waals surface area contributed by atoms with Crippen LogP contribution in [0.15, 0.2) is 47.4 Å². The van der Waals surface area contributed by atoms with Crippen LogP contribution in [0.25, 0.3) is 11.0 Å². The molecule has 1 aromatic heterocycles.